The van der Waals surface area contributed by atoms with Crippen molar-refractivity contribution in [2.24, 2.45) is 5.14 Å². The van der Waals surface area contributed by atoms with Crippen LogP contribution >= 0.6 is 11.6 Å². The Labute approximate surface area is 155 Å². The van der Waals surface area contributed by atoms with Gasteiger partial charge in [0.05, 0.1) is 4.90 Å². The summed E-state index contributed by atoms with van der Waals surface area (Å²) in [4.78, 5) is 12.3. The van der Waals surface area contributed by atoms with Crippen LogP contribution in [0.2, 0.25) is 5.02 Å². The summed E-state index contributed by atoms with van der Waals surface area (Å²) in [5, 5.41) is 8.28. The lowest BCUT2D eigenvalue weighted by atomic mass is 10.1. The van der Waals surface area contributed by atoms with E-state index in [0.717, 1.165) is 11.1 Å². The Hall–Kier alpha value is -2.61. The largest absolute Gasteiger partial charge is 0.451 e. The zero-order chi connectivity index (χ0) is 18.9. The molecule has 3 aromatic rings. The number of hydrogen-bond donors (Lipinski definition) is 2. The fraction of sp³-hybridized carbons (Fsp3) is 0.0556. The Morgan fingerprint density at radius 3 is 2.38 bits per heavy atom. The van der Waals surface area contributed by atoms with Crippen LogP contribution in [-0.2, 0) is 10.0 Å². The summed E-state index contributed by atoms with van der Waals surface area (Å²) in [6, 6.07) is 14.2. The molecule has 0 aliphatic heterocycles. The number of rotatable bonds is 4. The first-order chi connectivity index (χ1) is 12.2. The summed E-state index contributed by atoms with van der Waals surface area (Å²) in [7, 11) is -3.78. The van der Waals surface area contributed by atoms with Crippen LogP contribution in [0, 0.1) is 6.92 Å². The summed E-state index contributed by atoms with van der Waals surface area (Å²) in [5.74, 6) is 0.173. The molecule has 26 heavy (non-hydrogen) atoms. The average molecular weight is 391 g/mol. The predicted octanol–water partition coefficient (Wildman–Crippen LogP) is 3.81. The number of carbonyl (C=O) groups is 1. The smallest absolute Gasteiger partial charge is 0.291 e. The SMILES string of the molecule is Cc1ccc(-c2ccc(C(=O)Nc3ccc(S(N)(=O)=O)cc3)o2)cc1Cl. The van der Waals surface area contributed by atoms with Gasteiger partial charge in [0.2, 0.25) is 10.0 Å². The highest BCUT2D eigenvalue weighted by Gasteiger charge is 2.14. The van der Waals surface area contributed by atoms with Crippen LogP contribution in [0.15, 0.2) is 63.9 Å². The number of primary sulfonamides is 1. The average Bonchev–Trinajstić information content (AvgIpc) is 3.07. The third-order valence-electron chi connectivity index (χ3n) is 3.73. The normalized spacial score (nSPS) is 11.3. The molecule has 0 saturated heterocycles. The van der Waals surface area contributed by atoms with Gasteiger partial charge in [-0.05, 0) is 55.0 Å². The zero-order valence-electron chi connectivity index (χ0n) is 13.7. The molecule has 1 aromatic heterocycles. The molecule has 0 spiro atoms. The Balaban J connectivity index is 1.77. The summed E-state index contributed by atoms with van der Waals surface area (Å²) < 4.78 is 28.1. The highest BCUT2D eigenvalue weighted by Crippen LogP contribution is 2.27. The summed E-state index contributed by atoms with van der Waals surface area (Å²) >= 11 is 6.11. The molecule has 0 bridgehead atoms. The minimum absolute atomic E-state index is 0.0352. The first-order valence-electron chi connectivity index (χ1n) is 7.54. The second-order valence-electron chi connectivity index (χ2n) is 5.65. The van der Waals surface area contributed by atoms with Gasteiger partial charge >= 0.3 is 0 Å². The summed E-state index contributed by atoms with van der Waals surface area (Å²) in [6.07, 6.45) is 0. The van der Waals surface area contributed by atoms with E-state index in [2.05, 4.69) is 5.32 Å². The lowest BCUT2D eigenvalue weighted by Crippen LogP contribution is -2.13. The van der Waals surface area contributed by atoms with Crippen molar-refractivity contribution >= 4 is 33.2 Å². The van der Waals surface area contributed by atoms with Gasteiger partial charge in [0, 0.05) is 16.3 Å². The monoisotopic (exact) mass is 390 g/mol. The quantitative estimate of drug-likeness (QED) is 0.707. The van der Waals surface area contributed by atoms with Gasteiger partial charge in [-0.15, -0.1) is 0 Å². The molecule has 0 unspecified atom stereocenters. The lowest BCUT2D eigenvalue weighted by Gasteiger charge is -2.04. The van der Waals surface area contributed by atoms with E-state index in [0.29, 0.717) is 16.5 Å². The molecular weight excluding hydrogens is 376 g/mol. The van der Waals surface area contributed by atoms with Crippen molar-refractivity contribution in [1.29, 1.82) is 0 Å². The van der Waals surface area contributed by atoms with Crippen LogP contribution in [0.1, 0.15) is 16.1 Å². The van der Waals surface area contributed by atoms with Gasteiger partial charge in [-0.25, -0.2) is 13.6 Å². The summed E-state index contributed by atoms with van der Waals surface area (Å²) in [6.45, 7) is 1.90. The van der Waals surface area contributed by atoms with Crippen molar-refractivity contribution in [3.05, 3.63) is 70.9 Å². The fourth-order valence-corrected chi connectivity index (χ4v) is 2.98. The number of furan rings is 1. The van der Waals surface area contributed by atoms with Crippen molar-refractivity contribution in [2.45, 2.75) is 11.8 Å². The highest BCUT2D eigenvalue weighted by molar-refractivity contribution is 7.89. The van der Waals surface area contributed by atoms with E-state index in [1.54, 1.807) is 18.2 Å². The highest BCUT2D eigenvalue weighted by atomic mass is 35.5. The minimum Gasteiger partial charge on any atom is -0.451 e. The molecule has 1 amide bonds. The molecular formula is C18H15ClN2O4S. The molecule has 2 aromatic carbocycles. The second kappa shape index (κ2) is 6.95. The Morgan fingerprint density at radius 1 is 1.08 bits per heavy atom. The van der Waals surface area contributed by atoms with Gasteiger partial charge in [-0.2, -0.15) is 0 Å². The number of anilines is 1. The molecule has 0 aliphatic carbocycles. The van der Waals surface area contributed by atoms with Crippen LogP contribution in [-0.4, -0.2) is 14.3 Å². The Bertz CT molecular complexity index is 1070. The Morgan fingerprint density at radius 2 is 1.77 bits per heavy atom. The maximum Gasteiger partial charge on any atom is 0.291 e. The number of carbonyl (C=O) groups excluding carboxylic acids is 1. The van der Waals surface area contributed by atoms with E-state index in [1.165, 1.54) is 24.3 Å². The number of halogens is 1. The van der Waals surface area contributed by atoms with Gasteiger partial charge in [0.15, 0.2) is 5.76 Å². The number of sulfonamides is 1. The maximum atomic E-state index is 12.3. The first-order valence-corrected chi connectivity index (χ1v) is 9.47. The van der Waals surface area contributed by atoms with Crippen molar-refractivity contribution in [3.8, 4) is 11.3 Å². The van der Waals surface area contributed by atoms with E-state index in [-0.39, 0.29) is 10.7 Å². The van der Waals surface area contributed by atoms with Gasteiger partial charge in [-0.3, -0.25) is 4.79 Å². The van der Waals surface area contributed by atoms with Crippen molar-refractivity contribution in [3.63, 3.8) is 0 Å². The molecule has 0 fully saturated rings. The molecule has 3 rings (SSSR count). The zero-order valence-corrected chi connectivity index (χ0v) is 15.3. The number of amides is 1. The summed E-state index contributed by atoms with van der Waals surface area (Å²) in [5.41, 5.74) is 2.12. The lowest BCUT2D eigenvalue weighted by molar-refractivity contribution is 0.0997. The van der Waals surface area contributed by atoms with Gasteiger partial charge in [0.1, 0.15) is 5.76 Å². The van der Waals surface area contributed by atoms with E-state index >= 15 is 0 Å². The number of nitrogens with two attached hydrogens (primary N) is 1. The third kappa shape index (κ3) is 3.96. The molecule has 8 heteroatoms. The maximum absolute atomic E-state index is 12.3. The number of hydrogen-bond acceptors (Lipinski definition) is 4. The van der Waals surface area contributed by atoms with E-state index in [1.807, 2.05) is 19.1 Å². The molecule has 1 heterocycles. The van der Waals surface area contributed by atoms with Gasteiger partial charge < -0.3 is 9.73 Å². The molecule has 0 saturated carbocycles. The van der Waals surface area contributed by atoms with E-state index < -0.39 is 15.9 Å². The van der Waals surface area contributed by atoms with Crippen molar-refractivity contribution < 1.29 is 17.6 Å². The van der Waals surface area contributed by atoms with Crippen LogP contribution in [0.3, 0.4) is 0 Å². The molecule has 6 nitrogen and oxygen atoms in total. The van der Waals surface area contributed by atoms with Crippen molar-refractivity contribution in [2.75, 3.05) is 5.32 Å². The molecule has 134 valence electrons. The van der Waals surface area contributed by atoms with Crippen LogP contribution < -0.4 is 10.5 Å². The third-order valence-corrected chi connectivity index (χ3v) is 5.06. The molecule has 0 aliphatic rings. The molecule has 0 atom stereocenters. The predicted molar refractivity (Wildman–Crippen MR) is 99.7 cm³/mol. The standard InChI is InChI=1S/C18H15ClN2O4S/c1-11-2-3-12(10-15(11)19)16-8-9-17(25-16)18(22)21-13-4-6-14(7-5-13)26(20,23)24/h2-10H,1H3,(H,21,22)(H2,20,23,24). The van der Waals surface area contributed by atoms with Crippen LogP contribution in [0.25, 0.3) is 11.3 Å². The number of aryl methyl sites for hydroxylation is 1. The van der Waals surface area contributed by atoms with Gasteiger partial charge in [-0.1, -0.05) is 23.7 Å². The van der Waals surface area contributed by atoms with E-state index in [4.69, 9.17) is 21.2 Å². The van der Waals surface area contributed by atoms with E-state index in [9.17, 15) is 13.2 Å². The molecule has 3 N–H and O–H groups in total. The minimum atomic E-state index is -3.78. The number of nitrogens with one attached hydrogen (secondary N) is 1. The van der Waals surface area contributed by atoms with Crippen molar-refractivity contribution in [1.82, 2.24) is 0 Å². The second-order valence-corrected chi connectivity index (χ2v) is 7.62. The Kier molecular flexibility index (Phi) is 4.86. The molecule has 0 radical (unpaired) electrons. The topological polar surface area (TPSA) is 102 Å². The van der Waals surface area contributed by atoms with Crippen LogP contribution in [0.5, 0.6) is 0 Å². The fourth-order valence-electron chi connectivity index (χ4n) is 2.28. The van der Waals surface area contributed by atoms with Crippen LogP contribution in [0.4, 0.5) is 5.69 Å². The number of benzene rings is 2. The first kappa shape index (κ1) is 18.2. The van der Waals surface area contributed by atoms with Gasteiger partial charge in [0.25, 0.3) is 5.91 Å².